The van der Waals surface area contributed by atoms with E-state index < -0.39 is 0 Å². The van der Waals surface area contributed by atoms with Crippen LogP contribution < -0.4 is 5.32 Å². The second-order valence-corrected chi connectivity index (χ2v) is 6.05. The molecule has 3 nitrogen and oxygen atoms in total. The molecular formula is C18H23N3. The number of pyridine rings is 1. The van der Waals surface area contributed by atoms with E-state index in [0.717, 1.165) is 31.9 Å². The number of nitrogens with zero attached hydrogens (tertiary/aromatic N) is 2. The van der Waals surface area contributed by atoms with Crippen molar-refractivity contribution in [2.75, 3.05) is 11.9 Å². The number of aromatic nitrogens is 1. The first-order chi connectivity index (χ1) is 10.2. The van der Waals surface area contributed by atoms with Crippen LogP contribution in [0.1, 0.15) is 30.7 Å². The molecule has 0 atom stereocenters. The molecule has 0 amide bonds. The summed E-state index contributed by atoms with van der Waals surface area (Å²) in [6, 6.07) is 15.4. The largest absolute Gasteiger partial charge is 0.368 e. The minimum Gasteiger partial charge on any atom is -0.368 e. The molecule has 2 heterocycles. The lowest BCUT2D eigenvalue weighted by molar-refractivity contribution is 0.243. The number of hydrogen-bond donors (Lipinski definition) is 1. The number of fused-ring (bicyclic) bond motifs is 1. The Bertz CT molecular complexity index is 593. The molecule has 0 unspecified atom stereocenters. The van der Waals surface area contributed by atoms with Crippen LogP contribution in [0.2, 0.25) is 0 Å². The van der Waals surface area contributed by atoms with Crippen molar-refractivity contribution in [2.24, 2.45) is 0 Å². The third kappa shape index (κ3) is 3.61. The third-order valence-electron chi connectivity index (χ3n) is 3.81. The lowest BCUT2D eigenvalue weighted by atomic mass is 10.0. The van der Waals surface area contributed by atoms with Gasteiger partial charge in [-0.2, -0.15) is 0 Å². The van der Waals surface area contributed by atoms with Crippen LogP contribution in [0.5, 0.6) is 0 Å². The Labute approximate surface area is 127 Å². The van der Waals surface area contributed by atoms with E-state index >= 15 is 0 Å². The summed E-state index contributed by atoms with van der Waals surface area (Å²) in [4.78, 5) is 7.25. The molecule has 1 aromatic carbocycles. The highest BCUT2D eigenvalue weighted by atomic mass is 15.1. The van der Waals surface area contributed by atoms with E-state index in [-0.39, 0.29) is 0 Å². The van der Waals surface area contributed by atoms with E-state index in [1.54, 1.807) is 0 Å². The second-order valence-electron chi connectivity index (χ2n) is 6.05. The fourth-order valence-corrected chi connectivity index (χ4v) is 2.83. The predicted octanol–water partition coefficient (Wildman–Crippen LogP) is 3.46. The Morgan fingerprint density at radius 2 is 1.95 bits per heavy atom. The molecule has 0 saturated heterocycles. The molecule has 0 radical (unpaired) electrons. The number of hydrogen-bond acceptors (Lipinski definition) is 3. The summed E-state index contributed by atoms with van der Waals surface area (Å²) < 4.78 is 0. The fraction of sp³-hybridized carbons (Fsp3) is 0.389. The van der Waals surface area contributed by atoms with Crippen molar-refractivity contribution >= 4 is 5.82 Å². The minimum absolute atomic E-state index is 0.425. The lowest BCUT2D eigenvalue weighted by Gasteiger charge is -2.28. The molecule has 1 N–H and O–H groups in total. The Kier molecular flexibility index (Phi) is 4.20. The van der Waals surface area contributed by atoms with Crippen molar-refractivity contribution in [3.8, 4) is 0 Å². The van der Waals surface area contributed by atoms with Crippen molar-refractivity contribution in [2.45, 2.75) is 39.4 Å². The Morgan fingerprint density at radius 3 is 2.71 bits per heavy atom. The van der Waals surface area contributed by atoms with Gasteiger partial charge in [-0.05, 0) is 31.0 Å². The van der Waals surface area contributed by atoms with Gasteiger partial charge in [0.05, 0.1) is 0 Å². The maximum atomic E-state index is 4.76. The van der Waals surface area contributed by atoms with E-state index in [4.69, 9.17) is 4.98 Å². The molecule has 2 aromatic rings. The first kappa shape index (κ1) is 14.1. The Balaban J connectivity index is 1.68. The summed E-state index contributed by atoms with van der Waals surface area (Å²) in [7, 11) is 0. The van der Waals surface area contributed by atoms with Gasteiger partial charge in [0.2, 0.25) is 0 Å². The van der Waals surface area contributed by atoms with E-state index in [2.05, 4.69) is 66.5 Å². The normalized spacial score (nSPS) is 15.0. The van der Waals surface area contributed by atoms with E-state index in [9.17, 15) is 0 Å². The van der Waals surface area contributed by atoms with Crippen LogP contribution >= 0.6 is 0 Å². The average Bonchev–Trinajstić information content (AvgIpc) is 2.48. The van der Waals surface area contributed by atoms with E-state index in [1.165, 1.54) is 16.8 Å². The highest BCUT2D eigenvalue weighted by Gasteiger charge is 2.17. The summed E-state index contributed by atoms with van der Waals surface area (Å²) in [6.07, 6.45) is 1.04. The molecule has 0 saturated carbocycles. The SMILES string of the molecule is CC(C)Nc1ccc2c(n1)CCN(Cc1ccccc1)C2. The van der Waals surface area contributed by atoms with Gasteiger partial charge in [-0.3, -0.25) is 4.90 Å². The molecular weight excluding hydrogens is 258 g/mol. The number of anilines is 1. The number of nitrogens with one attached hydrogen (secondary N) is 1. The topological polar surface area (TPSA) is 28.2 Å². The van der Waals surface area contributed by atoms with Crippen molar-refractivity contribution < 1.29 is 0 Å². The molecule has 110 valence electrons. The van der Waals surface area contributed by atoms with Gasteiger partial charge in [-0.15, -0.1) is 0 Å². The number of rotatable bonds is 4. The lowest BCUT2D eigenvalue weighted by Crippen LogP contribution is -2.30. The summed E-state index contributed by atoms with van der Waals surface area (Å²) in [5.41, 5.74) is 4.00. The first-order valence-electron chi connectivity index (χ1n) is 7.72. The highest BCUT2D eigenvalue weighted by Crippen LogP contribution is 2.21. The van der Waals surface area contributed by atoms with Gasteiger partial charge in [0.25, 0.3) is 0 Å². The maximum absolute atomic E-state index is 4.76. The molecule has 0 fully saturated rings. The van der Waals surface area contributed by atoms with Crippen molar-refractivity contribution in [1.29, 1.82) is 0 Å². The number of benzene rings is 1. The monoisotopic (exact) mass is 281 g/mol. The van der Waals surface area contributed by atoms with Crippen molar-refractivity contribution in [3.05, 3.63) is 59.3 Å². The molecule has 0 aliphatic carbocycles. The van der Waals surface area contributed by atoms with Crippen LogP contribution in [0.25, 0.3) is 0 Å². The summed E-state index contributed by atoms with van der Waals surface area (Å²) in [5.74, 6) is 1.00. The zero-order chi connectivity index (χ0) is 14.7. The third-order valence-corrected chi connectivity index (χ3v) is 3.81. The van der Waals surface area contributed by atoms with Crippen LogP contribution in [0.4, 0.5) is 5.82 Å². The maximum Gasteiger partial charge on any atom is 0.126 e. The van der Waals surface area contributed by atoms with Gasteiger partial charge >= 0.3 is 0 Å². The zero-order valence-electron chi connectivity index (χ0n) is 12.8. The van der Waals surface area contributed by atoms with Gasteiger partial charge in [0, 0.05) is 37.8 Å². The smallest absolute Gasteiger partial charge is 0.126 e. The predicted molar refractivity (Wildman–Crippen MR) is 87.3 cm³/mol. The summed E-state index contributed by atoms with van der Waals surface area (Å²) in [5, 5.41) is 3.38. The minimum atomic E-state index is 0.425. The van der Waals surface area contributed by atoms with E-state index in [0.29, 0.717) is 6.04 Å². The summed E-state index contributed by atoms with van der Waals surface area (Å²) >= 11 is 0. The first-order valence-corrected chi connectivity index (χ1v) is 7.72. The highest BCUT2D eigenvalue weighted by molar-refractivity contribution is 5.40. The molecule has 21 heavy (non-hydrogen) atoms. The second kappa shape index (κ2) is 6.27. The van der Waals surface area contributed by atoms with E-state index in [1.807, 2.05) is 0 Å². The quantitative estimate of drug-likeness (QED) is 0.930. The molecule has 0 bridgehead atoms. The van der Waals surface area contributed by atoms with Crippen molar-refractivity contribution in [1.82, 2.24) is 9.88 Å². The molecule has 1 aromatic heterocycles. The molecule has 3 rings (SSSR count). The zero-order valence-corrected chi connectivity index (χ0v) is 12.8. The summed E-state index contributed by atoms with van der Waals surface area (Å²) in [6.45, 7) is 7.39. The van der Waals surface area contributed by atoms with Crippen LogP contribution in [0.3, 0.4) is 0 Å². The van der Waals surface area contributed by atoms with Gasteiger partial charge in [0.1, 0.15) is 5.82 Å². The molecule has 3 heteroatoms. The van der Waals surface area contributed by atoms with Gasteiger partial charge in [-0.25, -0.2) is 4.98 Å². The standard InChI is InChI=1S/C18H23N3/c1-14(2)19-18-9-8-16-13-21(11-10-17(16)20-18)12-15-6-4-3-5-7-15/h3-9,14H,10-13H2,1-2H3,(H,19,20). The van der Waals surface area contributed by atoms with Crippen LogP contribution in [0, 0.1) is 0 Å². The van der Waals surface area contributed by atoms with Crippen LogP contribution in [-0.2, 0) is 19.5 Å². The molecule has 1 aliphatic heterocycles. The fourth-order valence-electron chi connectivity index (χ4n) is 2.83. The van der Waals surface area contributed by atoms with Gasteiger partial charge < -0.3 is 5.32 Å². The molecule has 1 aliphatic rings. The Morgan fingerprint density at radius 1 is 1.14 bits per heavy atom. The van der Waals surface area contributed by atoms with Crippen molar-refractivity contribution in [3.63, 3.8) is 0 Å². The van der Waals surface area contributed by atoms with Crippen LogP contribution in [-0.4, -0.2) is 22.5 Å². The van der Waals surface area contributed by atoms with Gasteiger partial charge in [0.15, 0.2) is 0 Å². The average molecular weight is 281 g/mol. The Hall–Kier alpha value is -1.87. The van der Waals surface area contributed by atoms with Gasteiger partial charge in [-0.1, -0.05) is 36.4 Å². The molecule has 0 spiro atoms. The van der Waals surface area contributed by atoms with Crippen LogP contribution in [0.15, 0.2) is 42.5 Å².